The number of benzene rings is 1. The average molecular weight is 336 g/mol. The molecule has 0 aliphatic rings. The highest BCUT2D eigenvalue weighted by Crippen LogP contribution is 2.32. The van der Waals surface area contributed by atoms with E-state index in [4.69, 9.17) is 9.47 Å². The third-order valence-corrected chi connectivity index (χ3v) is 2.92. The number of halogens is 3. The molecule has 0 saturated heterocycles. The Balaban J connectivity index is 1.91. The number of fused-ring (bicyclic) bond motifs is 1. The Kier molecular flexibility index (Phi) is 4.07. The molecular formula is C15H11F3N4O2. The fraction of sp³-hybridized carbons (Fsp3) is 0.133. The summed E-state index contributed by atoms with van der Waals surface area (Å²) in [7, 11) is 0. The number of ether oxygens (including phenoxy) is 2. The fourth-order valence-electron chi connectivity index (χ4n) is 1.88. The molecule has 0 radical (unpaired) electrons. The predicted molar refractivity (Wildman–Crippen MR) is 78.0 cm³/mol. The van der Waals surface area contributed by atoms with Crippen LogP contribution in [-0.2, 0) is 6.18 Å². The first-order valence-corrected chi connectivity index (χ1v) is 6.77. The Morgan fingerprint density at radius 1 is 1.17 bits per heavy atom. The van der Waals surface area contributed by atoms with Gasteiger partial charge >= 0.3 is 6.18 Å². The maximum Gasteiger partial charge on any atom is 0.433 e. The average Bonchev–Trinajstić information content (AvgIpc) is 3.02. The van der Waals surface area contributed by atoms with E-state index in [0.29, 0.717) is 18.1 Å². The molecule has 0 saturated carbocycles. The van der Waals surface area contributed by atoms with Crippen molar-refractivity contribution in [1.82, 2.24) is 19.6 Å². The summed E-state index contributed by atoms with van der Waals surface area (Å²) in [4.78, 5) is 7.09. The summed E-state index contributed by atoms with van der Waals surface area (Å²) in [6.45, 7) is 3.88. The molecule has 0 bridgehead atoms. The van der Waals surface area contributed by atoms with Crippen LogP contribution < -0.4 is 9.47 Å². The number of rotatable bonds is 5. The van der Waals surface area contributed by atoms with E-state index in [9.17, 15) is 13.2 Å². The maximum atomic E-state index is 12.9. The molecule has 2 aromatic heterocycles. The first-order valence-electron chi connectivity index (χ1n) is 6.77. The molecule has 0 amide bonds. The van der Waals surface area contributed by atoms with Crippen molar-refractivity contribution in [2.24, 2.45) is 0 Å². The SMILES string of the molecule is C=CCOc1ccc(Oc2cc(C(F)(F)F)nc3ncnn23)cc1. The summed E-state index contributed by atoms with van der Waals surface area (Å²) in [5.41, 5.74) is -1.11. The standard InChI is InChI=1S/C15H11F3N4O2/c1-2-7-23-10-3-5-11(6-4-10)24-13-8-12(15(16,17)18)21-14-19-9-20-22(13)14/h2-6,8-9H,1,7H2. The fourth-order valence-corrected chi connectivity index (χ4v) is 1.88. The van der Waals surface area contributed by atoms with Crippen molar-refractivity contribution in [1.29, 1.82) is 0 Å². The predicted octanol–water partition coefficient (Wildman–Crippen LogP) is 3.50. The van der Waals surface area contributed by atoms with Crippen LogP contribution >= 0.6 is 0 Å². The van der Waals surface area contributed by atoms with E-state index < -0.39 is 11.9 Å². The van der Waals surface area contributed by atoms with E-state index in [2.05, 4.69) is 21.6 Å². The lowest BCUT2D eigenvalue weighted by atomic mass is 10.3. The second-order valence-electron chi connectivity index (χ2n) is 4.62. The molecule has 0 spiro atoms. The van der Waals surface area contributed by atoms with Gasteiger partial charge in [-0.15, -0.1) is 0 Å². The number of alkyl halides is 3. The van der Waals surface area contributed by atoms with Crippen molar-refractivity contribution in [2.45, 2.75) is 6.18 Å². The van der Waals surface area contributed by atoms with Gasteiger partial charge in [-0.3, -0.25) is 0 Å². The van der Waals surface area contributed by atoms with E-state index in [1.54, 1.807) is 30.3 Å². The highest BCUT2D eigenvalue weighted by atomic mass is 19.4. The molecule has 6 nitrogen and oxygen atoms in total. The lowest BCUT2D eigenvalue weighted by molar-refractivity contribution is -0.141. The van der Waals surface area contributed by atoms with Gasteiger partial charge in [0, 0.05) is 6.07 Å². The summed E-state index contributed by atoms with van der Waals surface area (Å²) in [5, 5.41) is 3.81. The number of hydrogen-bond donors (Lipinski definition) is 0. The van der Waals surface area contributed by atoms with Gasteiger partial charge in [-0.2, -0.15) is 27.8 Å². The van der Waals surface area contributed by atoms with Crippen LogP contribution in [-0.4, -0.2) is 26.2 Å². The molecule has 2 heterocycles. The number of hydrogen-bond acceptors (Lipinski definition) is 5. The molecule has 0 N–H and O–H groups in total. The third-order valence-electron chi connectivity index (χ3n) is 2.92. The molecule has 0 atom stereocenters. The van der Waals surface area contributed by atoms with Crippen molar-refractivity contribution in [3.8, 4) is 17.4 Å². The first-order chi connectivity index (χ1) is 11.5. The molecule has 124 valence electrons. The zero-order chi connectivity index (χ0) is 17.2. The van der Waals surface area contributed by atoms with Gasteiger partial charge in [-0.05, 0) is 24.3 Å². The van der Waals surface area contributed by atoms with Gasteiger partial charge in [0.15, 0.2) is 5.69 Å². The van der Waals surface area contributed by atoms with E-state index in [-0.39, 0.29) is 11.7 Å². The third kappa shape index (κ3) is 3.29. The second kappa shape index (κ2) is 6.19. The molecule has 24 heavy (non-hydrogen) atoms. The van der Waals surface area contributed by atoms with Crippen LogP contribution in [0.4, 0.5) is 13.2 Å². The number of aromatic nitrogens is 4. The molecule has 3 rings (SSSR count). The van der Waals surface area contributed by atoms with Crippen molar-refractivity contribution in [2.75, 3.05) is 6.61 Å². The molecule has 0 aliphatic heterocycles. The highest BCUT2D eigenvalue weighted by Gasteiger charge is 2.34. The van der Waals surface area contributed by atoms with Crippen LogP contribution in [0.2, 0.25) is 0 Å². The minimum absolute atomic E-state index is 0.149. The first kappa shape index (κ1) is 15.8. The quantitative estimate of drug-likeness (QED) is 0.667. The van der Waals surface area contributed by atoms with Crippen LogP contribution in [0.5, 0.6) is 17.4 Å². The molecule has 0 unspecified atom stereocenters. The zero-order valence-corrected chi connectivity index (χ0v) is 12.2. The van der Waals surface area contributed by atoms with Gasteiger partial charge < -0.3 is 9.47 Å². The summed E-state index contributed by atoms with van der Waals surface area (Å²) < 4.78 is 50.6. The van der Waals surface area contributed by atoms with Crippen molar-refractivity contribution in [3.05, 3.63) is 55.0 Å². The van der Waals surface area contributed by atoms with Gasteiger partial charge in [-0.25, -0.2) is 4.98 Å². The number of nitrogens with zero attached hydrogens (tertiary/aromatic N) is 4. The zero-order valence-electron chi connectivity index (χ0n) is 12.2. The van der Waals surface area contributed by atoms with Crippen LogP contribution in [0, 0.1) is 0 Å². The highest BCUT2D eigenvalue weighted by molar-refractivity contribution is 5.38. The van der Waals surface area contributed by atoms with Crippen LogP contribution in [0.1, 0.15) is 5.69 Å². The topological polar surface area (TPSA) is 61.5 Å². The Morgan fingerprint density at radius 2 is 1.88 bits per heavy atom. The van der Waals surface area contributed by atoms with Gasteiger partial charge in [0.05, 0.1) is 0 Å². The Labute approximate surface area is 134 Å². The maximum absolute atomic E-state index is 12.9. The lowest BCUT2D eigenvalue weighted by Crippen LogP contribution is -2.10. The van der Waals surface area contributed by atoms with Crippen LogP contribution in [0.15, 0.2) is 49.3 Å². The van der Waals surface area contributed by atoms with Crippen molar-refractivity contribution in [3.63, 3.8) is 0 Å². The molecule has 1 aromatic carbocycles. The second-order valence-corrected chi connectivity index (χ2v) is 4.62. The van der Waals surface area contributed by atoms with Crippen LogP contribution in [0.3, 0.4) is 0 Å². The lowest BCUT2D eigenvalue weighted by Gasteiger charge is -2.11. The van der Waals surface area contributed by atoms with Gasteiger partial charge in [0.2, 0.25) is 5.88 Å². The van der Waals surface area contributed by atoms with Crippen LogP contribution in [0.25, 0.3) is 5.78 Å². The van der Waals surface area contributed by atoms with Crippen molar-refractivity contribution < 1.29 is 22.6 Å². The molecule has 3 aromatic rings. The Hall–Kier alpha value is -3.10. The Morgan fingerprint density at radius 3 is 2.54 bits per heavy atom. The largest absolute Gasteiger partial charge is 0.490 e. The molecular weight excluding hydrogens is 325 g/mol. The minimum Gasteiger partial charge on any atom is -0.490 e. The van der Waals surface area contributed by atoms with Gasteiger partial charge in [0.25, 0.3) is 5.78 Å². The van der Waals surface area contributed by atoms with E-state index >= 15 is 0 Å². The molecule has 0 aliphatic carbocycles. The summed E-state index contributed by atoms with van der Waals surface area (Å²) in [6.07, 6.45) is -1.92. The van der Waals surface area contributed by atoms with Crippen molar-refractivity contribution >= 4 is 5.78 Å². The monoisotopic (exact) mass is 336 g/mol. The van der Waals surface area contributed by atoms with E-state index in [1.165, 1.54) is 0 Å². The summed E-state index contributed by atoms with van der Waals surface area (Å²) >= 11 is 0. The molecule has 0 fully saturated rings. The Bertz CT molecular complexity index is 859. The van der Waals surface area contributed by atoms with Gasteiger partial charge in [-0.1, -0.05) is 12.7 Å². The smallest absolute Gasteiger partial charge is 0.433 e. The van der Waals surface area contributed by atoms with E-state index in [0.717, 1.165) is 16.9 Å². The summed E-state index contributed by atoms with van der Waals surface area (Å²) in [6, 6.07) is 7.15. The normalized spacial score (nSPS) is 11.5. The summed E-state index contributed by atoms with van der Waals surface area (Å²) in [5.74, 6) is 0.547. The minimum atomic E-state index is -4.62. The van der Waals surface area contributed by atoms with E-state index in [1.807, 2.05) is 0 Å². The molecule has 9 heteroatoms. The van der Waals surface area contributed by atoms with Gasteiger partial charge in [0.1, 0.15) is 24.4 Å².